The monoisotopic (exact) mass is 315 g/mol. The fourth-order valence-electron chi connectivity index (χ4n) is 2.39. The molecule has 2 rings (SSSR count). The summed E-state index contributed by atoms with van der Waals surface area (Å²) in [5.41, 5.74) is 5.51. The number of carbonyl (C=O) groups excluding carboxylic acids is 2. The van der Waals surface area contributed by atoms with E-state index in [0.717, 1.165) is 12.8 Å². The molecule has 1 saturated heterocycles. The van der Waals surface area contributed by atoms with E-state index in [9.17, 15) is 9.59 Å². The van der Waals surface area contributed by atoms with E-state index in [1.165, 1.54) is 6.26 Å². The van der Waals surface area contributed by atoms with Gasteiger partial charge in [-0.25, -0.2) is 0 Å². The van der Waals surface area contributed by atoms with Crippen molar-refractivity contribution in [1.82, 2.24) is 10.2 Å². The van der Waals surface area contributed by atoms with Crippen LogP contribution in [-0.4, -0.2) is 41.9 Å². The molecular weight excluding hydrogens is 294 g/mol. The van der Waals surface area contributed by atoms with Crippen LogP contribution in [0.1, 0.15) is 36.7 Å². The van der Waals surface area contributed by atoms with Gasteiger partial charge in [0, 0.05) is 19.1 Å². The largest absolute Gasteiger partial charge is 0.459 e. The molecule has 0 bridgehead atoms. The second kappa shape index (κ2) is 8.05. The summed E-state index contributed by atoms with van der Waals surface area (Å²) in [4.78, 5) is 26.2. The molecule has 0 aromatic carbocycles. The van der Waals surface area contributed by atoms with Gasteiger partial charge in [0.25, 0.3) is 5.91 Å². The number of carbonyl (C=O) groups is 2. The summed E-state index contributed by atoms with van der Waals surface area (Å²) < 4.78 is 5.14. The molecular formula is C14H22ClN3O3. The third kappa shape index (κ3) is 4.22. The summed E-state index contributed by atoms with van der Waals surface area (Å²) in [5, 5.41) is 2.84. The van der Waals surface area contributed by atoms with Gasteiger partial charge >= 0.3 is 0 Å². The molecule has 1 fully saturated rings. The summed E-state index contributed by atoms with van der Waals surface area (Å²) in [6.45, 7) is 2.80. The standard InChI is InChI=1S/C14H21N3O3.ClH/c1-10(9-15)16-13(18)11-5-2-3-7-17(11)14(19)12-6-4-8-20-12;/h4,6,8,10-11H,2-3,5,7,9,15H2,1H3,(H,16,18);1H/t10-,11?;/m0./s1. The number of halogens is 1. The maximum atomic E-state index is 12.4. The molecule has 0 spiro atoms. The number of amides is 2. The van der Waals surface area contributed by atoms with Gasteiger partial charge in [0.15, 0.2) is 5.76 Å². The Bertz CT molecular complexity index is 464. The first-order chi connectivity index (χ1) is 9.63. The summed E-state index contributed by atoms with van der Waals surface area (Å²) in [5.74, 6) is -0.0885. The second-order valence-corrected chi connectivity index (χ2v) is 5.13. The van der Waals surface area contributed by atoms with E-state index in [1.807, 2.05) is 6.92 Å². The Labute approximate surface area is 130 Å². The number of hydrogen-bond acceptors (Lipinski definition) is 4. The fraction of sp³-hybridized carbons (Fsp3) is 0.571. The van der Waals surface area contributed by atoms with Gasteiger partial charge in [-0.1, -0.05) is 0 Å². The van der Waals surface area contributed by atoms with Crippen molar-refractivity contribution in [3.05, 3.63) is 24.2 Å². The topological polar surface area (TPSA) is 88.6 Å². The van der Waals surface area contributed by atoms with E-state index < -0.39 is 6.04 Å². The second-order valence-electron chi connectivity index (χ2n) is 5.13. The molecule has 2 heterocycles. The van der Waals surface area contributed by atoms with Crippen molar-refractivity contribution in [1.29, 1.82) is 0 Å². The lowest BCUT2D eigenvalue weighted by molar-refractivity contribution is -0.127. The molecule has 21 heavy (non-hydrogen) atoms. The average molecular weight is 316 g/mol. The number of likely N-dealkylation sites (tertiary alicyclic amines) is 1. The van der Waals surface area contributed by atoms with Crippen LogP contribution < -0.4 is 11.1 Å². The van der Waals surface area contributed by atoms with Crippen LogP contribution in [0.2, 0.25) is 0 Å². The Kier molecular flexibility index (Phi) is 6.71. The highest BCUT2D eigenvalue weighted by molar-refractivity contribution is 5.95. The van der Waals surface area contributed by atoms with Crippen LogP contribution in [-0.2, 0) is 4.79 Å². The molecule has 118 valence electrons. The number of piperidine rings is 1. The highest BCUT2D eigenvalue weighted by Gasteiger charge is 2.33. The van der Waals surface area contributed by atoms with Crippen molar-refractivity contribution in [3.63, 3.8) is 0 Å². The zero-order valence-electron chi connectivity index (χ0n) is 12.1. The van der Waals surface area contributed by atoms with Gasteiger partial charge in [-0.15, -0.1) is 12.4 Å². The molecule has 1 aliphatic rings. The minimum Gasteiger partial charge on any atom is -0.459 e. The summed E-state index contributed by atoms with van der Waals surface area (Å²) in [6, 6.07) is 2.76. The van der Waals surface area contributed by atoms with Crippen molar-refractivity contribution >= 4 is 24.2 Å². The van der Waals surface area contributed by atoms with Gasteiger partial charge in [-0.3, -0.25) is 9.59 Å². The third-order valence-electron chi connectivity index (χ3n) is 3.54. The first kappa shape index (κ1) is 17.5. The van der Waals surface area contributed by atoms with Crippen molar-refractivity contribution in [2.75, 3.05) is 13.1 Å². The molecule has 0 saturated carbocycles. The van der Waals surface area contributed by atoms with Crippen molar-refractivity contribution in [2.45, 2.75) is 38.3 Å². The SMILES string of the molecule is C[C@@H](CN)NC(=O)C1CCCCN1C(=O)c1ccco1.Cl. The predicted octanol–water partition coefficient (Wildman–Crippen LogP) is 1.16. The van der Waals surface area contributed by atoms with E-state index in [2.05, 4.69) is 5.32 Å². The smallest absolute Gasteiger partial charge is 0.290 e. The number of rotatable bonds is 4. The lowest BCUT2D eigenvalue weighted by atomic mass is 10.0. The molecule has 1 aromatic rings. The Morgan fingerprint density at radius 2 is 2.29 bits per heavy atom. The molecule has 0 radical (unpaired) electrons. The first-order valence-electron chi connectivity index (χ1n) is 6.98. The van der Waals surface area contributed by atoms with Gasteiger partial charge in [0.2, 0.25) is 5.91 Å². The molecule has 7 heteroatoms. The highest BCUT2D eigenvalue weighted by atomic mass is 35.5. The lowest BCUT2D eigenvalue weighted by Crippen LogP contribution is -2.54. The van der Waals surface area contributed by atoms with Crippen LogP contribution in [0.25, 0.3) is 0 Å². The van der Waals surface area contributed by atoms with Gasteiger partial charge in [-0.2, -0.15) is 0 Å². The zero-order chi connectivity index (χ0) is 14.5. The first-order valence-corrected chi connectivity index (χ1v) is 6.98. The minimum absolute atomic E-state index is 0. The minimum atomic E-state index is -0.435. The van der Waals surface area contributed by atoms with E-state index in [0.29, 0.717) is 19.5 Å². The van der Waals surface area contributed by atoms with Crippen LogP contribution in [0.4, 0.5) is 0 Å². The summed E-state index contributed by atoms with van der Waals surface area (Å²) >= 11 is 0. The van der Waals surface area contributed by atoms with Gasteiger partial charge in [-0.05, 0) is 38.3 Å². The molecule has 2 amide bonds. The average Bonchev–Trinajstić information content (AvgIpc) is 3.00. The Morgan fingerprint density at radius 1 is 1.52 bits per heavy atom. The number of hydrogen-bond donors (Lipinski definition) is 2. The van der Waals surface area contributed by atoms with E-state index in [4.69, 9.17) is 10.2 Å². The number of furan rings is 1. The summed E-state index contributed by atoms with van der Waals surface area (Å²) in [6.07, 6.45) is 3.98. The van der Waals surface area contributed by atoms with Crippen molar-refractivity contribution in [3.8, 4) is 0 Å². The molecule has 2 atom stereocenters. The molecule has 0 aliphatic carbocycles. The lowest BCUT2D eigenvalue weighted by Gasteiger charge is -2.34. The third-order valence-corrected chi connectivity index (χ3v) is 3.54. The summed E-state index contributed by atoms with van der Waals surface area (Å²) in [7, 11) is 0. The van der Waals surface area contributed by atoms with Gasteiger partial charge in [0.05, 0.1) is 6.26 Å². The molecule has 6 nitrogen and oxygen atoms in total. The Morgan fingerprint density at radius 3 is 2.90 bits per heavy atom. The fourth-order valence-corrected chi connectivity index (χ4v) is 2.39. The normalized spacial score (nSPS) is 19.5. The molecule has 1 aliphatic heterocycles. The molecule has 1 aromatic heterocycles. The zero-order valence-corrected chi connectivity index (χ0v) is 12.9. The number of nitrogens with one attached hydrogen (secondary N) is 1. The van der Waals surface area contributed by atoms with Crippen molar-refractivity contribution < 1.29 is 14.0 Å². The van der Waals surface area contributed by atoms with Crippen LogP contribution in [0, 0.1) is 0 Å². The number of nitrogens with two attached hydrogens (primary N) is 1. The van der Waals surface area contributed by atoms with Crippen LogP contribution in [0.5, 0.6) is 0 Å². The van der Waals surface area contributed by atoms with Crippen LogP contribution >= 0.6 is 12.4 Å². The van der Waals surface area contributed by atoms with E-state index >= 15 is 0 Å². The predicted molar refractivity (Wildman–Crippen MR) is 81.3 cm³/mol. The van der Waals surface area contributed by atoms with E-state index in [-0.39, 0.29) is 36.0 Å². The quantitative estimate of drug-likeness (QED) is 0.872. The molecule has 1 unspecified atom stereocenters. The van der Waals surface area contributed by atoms with Crippen molar-refractivity contribution in [2.24, 2.45) is 5.73 Å². The Balaban J connectivity index is 0.00000220. The Hall–Kier alpha value is -1.53. The maximum absolute atomic E-state index is 12.4. The van der Waals surface area contributed by atoms with Gasteiger partial charge in [0.1, 0.15) is 6.04 Å². The van der Waals surface area contributed by atoms with E-state index in [1.54, 1.807) is 17.0 Å². The molecule has 3 N–H and O–H groups in total. The number of nitrogens with zero attached hydrogens (tertiary/aromatic N) is 1. The van der Waals surface area contributed by atoms with Gasteiger partial charge < -0.3 is 20.4 Å². The van der Waals surface area contributed by atoms with Crippen LogP contribution in [0.3, 0.4) is 0 Å². The van der Waals surface area contributed by atoms with Crippen LogP contribution in [0.15, 0.2) is 22.8 Å². The highest BCUT2D eigenvalue weighted by Crippen LogP contribution is 2.20. The maximum Gasteiger partial charge on any atom is 0.290 e.